The Kier molecular flexibility index (Phi) is 4.72. The smallest absolute Gasteiger partial charge is 0.260 e. The number of carbonyl (C=O) groups excluding carboxylic acids is 1. The summed E-state index contributed by atoms with van der Waals surface area (Å²) in [7, 11) is 0. The van der Waals surface area contributed by atoms with Crippen LogP contribution in [0.3, 0.4) is 0 Å². The molecule has 0 aliphatic carbocycles. The summed E-state index contributed by atoms with van der Waals surface area (Å²) in [5.41, 5.74) is 9.07. The minimum atomic E-state index is -0.272. The Hall–Kier alpha value is -2.86. The second-order valence-electron chi connectivity index (χ2n) is 5.83. The second kappa shape index (κ2) is 6.94. The molecule has 0 unspecified atom stereocenters. The number of benzene rings is 1. The Morgan fingerprint density at radius 1 is 1.12 bits per heavy atom. The van der Waals surface area contributed by atoms with E-state index in [2.05, 4.69) is 10.3 Å². The summed E-state index contributed by atoms with van der Waals surface area (Å²) in [6.45, 7) is 5.72. The molecule has 3 rings (SSSR count). The molecule has 0 saturated carbocycles. The van der Waals surface area contributed by atoms with Crippen LogP contribution in [0.1, 0.15) is 27.2 Å². The van der Waals surface area contributed by atoms with E-state index in [1.54, 1.807) is 6.07 Å². The van der Waals surface area contributed by atoms with Gasteiger partial charge >= 0.3 is 0 Å². The molecule has 1 amide bonds. The van der Waals surface area contributed by atoms with Crippen LogP contribution in [-0.4, -0.2) is 10.9 Å². The fourth-order valence-electron chi connectivity index (χ4n) is 2.50. The third-order valence-electron chi connectivity index (χ3n) is 3.66. The first-order valence-corrected chi connectivity index (χ1v) is 8.63. The van der Waals surface area contributed by atoms with Crippen LogP contribution in [-0.2, 0) is 0 Å². The molecule has 0 saturated heterocycles. The monoisotopic (exact) mass is 353 g/mol. The fourth-order valence-corrected chi connectivity index (χ4v) is 3.27. The first-order valence-electron chi connectivity index (χ1n) is 7.82. The van der Waals surface area contributed by atoms with E-state index in [4.69, 9.17) is 10.5 Å². The highest BCUT2D eigenvalue weighted by Crippen LogP contribution is 2.33. The number of nitrogens with one attached hydrogen (secondary N) is 1. The third-order valence-corrected chi connectivity index (χ3v) is 4.54. The number of aromatic nitrogens is 1. The van der Waals surface area contributed by atoms with Crippen molar-refractivity contribution in [3.05, 3.63) is 64.8 Å². The minimum Gasteiger partial charge on any atom is -0.447 e. The van der Waals surface area contributed by atoms with Crippen molar-refractivity contribution in [2.75, 3.05) is 11.1 Å². The molecule has 1 aromatic carbocycles. The fraction of sp³-hybridized carbons (Fsp3) is 0.158. The number of hydrogen-bond acceptors (Lipinski definition) is 5. The number of nitrogen functional groups attached to an aromatic ring is 1. The first kappa shape index (κ1) is 17.0. The van der Waals surface area contributed by atoms with Gasteiger partial charge in [-0.1, -0.05) is 29.0 Å². The molecule has 2 aromatic heterocycles. The van der Waals surface area contributed by atoms with E-state index in [0.29, 0.717) is 15.6 Å². The summed E-state index contributed by atoms with van der Waals surface area (Å²) < 4.78 is 5.79. The van der Waals surface area contributed by atoms with Crippen molar-refractivity contribution in [2.45, 2.75) is 20.8 Å². The Morgan fingerprint density at radius 3 is 2.52 bits per heavy atom. The summed E-state index contributed by atoms with van der Waals surface area (Å²) in [4.78, 5) is 16.7. The summed E-state index contributed by atoms with van der Waals surface area (Å²) in [5, 5.41) is 4.24. The van der Waals surface area contributed by atoms with Crippen LogP contribution in [0.2, 0.25) is 0 Å². The number of anilines is 2. The highest BCUT2D eigenvalue weighted by molar-refractivity contribution is 7.18. The lowest BCUT2D eigenvalue weighted by Crippen LogP contribution is -2.16. The topological polar surface area (TPSA) is 77.2 Å². The van der Waals surface area contributed by atoms with E-state index in [1.807, 2.05) is 57.2 Å². The molecule has 128 valence electrons. The van der Waals surface area contributed by atoms with Crippen LogP contribution in [0.25, 0.3) is 0 Å². The quantitative estimate of drug-likeness (QED) is 0.713. The minimum absolute atomic E-state index is 0.239. The van der Waals surface area contributed by atoms with Crippen molar-refractivity contribution < 1.29 is 9.53 Å². The number of rotatable bonds is 4. The Morgan fingerprint density at radius 2 is 1.84 bits per heavy atom. The van der Waals surface area contributed by atoms with E-state index in [0.717, 1.165) is 17.0 Å². The molecule has 25 heavy (non-hydrogen) atoms. The van der Waals surface area contributed by atoms with E-state index < -0.39 is 0 Å². The van der Waals surface area contributed by atoms with Crippen molar-refractivity contribution in [1.29, 1.82) is 0 Å². The molecule has 0 bridgehead atoms. The Balaban J connectivity index is 1.73. The van der Waals surface area contributed by atoms with Crippen molar-refractivity contribution >= 4 is 28.1 Å². The van der Waals surface area contributed by atoms with Gasteiger partial charge in [-0.2, -0.15) is 0 Å². The zero-order valence-corrected chi connectivity index (χ0v) is 15.1. The maximum atomic E-state index is 12.5. The van der Waals surface area contributed by atoms with E-state index in [1.165, 1.54) is 16.9 Å². The highest BCUT2D eigenvalue weighted by Gasteiger charge is 2.16. The van der Waals surface area contributed by atoms with Gasteiger partial charge in [-0.25, -0.2) is 4.98 Å². The van der Waals surface area contributed by atoms with Gasteiger partial charge in [0, 0.05) is 5.69 Å². The lowest BCUT2D eigenvalue weighted by molar-refractivity contribution is 0.102. The first-order chi connectivity index (χ1) is 11.9. The van der Waals surface area contributed by atoms with Crippen LogP contribution >= 0.6 is 11.3 Å². The molecular formula is C19H19N3O2S. The predicted octanol–water partition coefficient (Wildman–Crippen LogP) is 4.70. The summed E-state index contributed by atoms with van der Waals surface area (Å²) in [6, 6.07) is 13.3. The van der Waals surface area contributed by atoms with Crippen molar-refractivity contribution in [3.8, 4) is 10.8 Å². The largest absolute Gasteiger partial charge is 0.447 e. The maximum absolute atomic E-state index is 12.5. The molecule has 3 aromatic rings. The van der Waals surface area contributed by atoms with Gasteiger partial charge in [0.05, 0.1) is 10.6 Å². The molecule has 0 aliphatic heterocycles. The summed E-state index contributed by atoms with van der Waals surface area (Å²) in [5.74, 6) is 0.724. The SMILES string of the molecule is Cc1ccc(Oc2ccc(NC(=O)c3c(C)cc(C)nc3N)s2)cc1. The second-order valence-corrected chi connectivity index (χ2v) is 6.88. The normalized spacial score (nSPS) is 10.5. The molecule has 0 atom stereocenters. The number of ether oxygens (including phenoxy) is 1. The standard InChI is InChI=1S/C19H19N3O2S/c1-11-4-6-14(7-5-11)24-16-9-8-15(25-16)22-19(23)17-12(2)10-13(3)21-18(17)20/h4-10H,1-3H3,(H2,20,21)(H,22,23). The van der Waals surface area contributed by atoms with Gasteiger partial charge in [0.1, 0.15) is 11.6 Å². The molecule has 3 N–H and O–H groups in total. The number of aryl methyl sites for hydroxylation is 3. The molecule has 0 radical (unpaired) electrons. The van der Waals surface area contributed by atoms with Gasteiger partial charge in [0.25, 0.3) is 5.91 Å². The summed E-state index contributed by atoms with van der Waals surface area (Å²) >= 11 is 1.35. The van der Waals surface area contributed by atoms with E-state index in [9.17, 15) is 4.79 Å². The number of hydrogen-bond donors (Lipinski definition) is 2. The molecule has 6 heteroatoms. The number of thiophene rings is 1. The van der Waals surface area contributed by atoms with Crippen molar-refractivity contribution in [1.82, 2.24) is 4.98 Å². The molecule has 0 fully saturated rings. The molecule has 0 spiro atoms. The van der Waals surface area contributed by atoms with Crippen LogP contribution in [0.5, 0.6) is 10.8 Å². The van der Waals surface area contributed by atoms with Crippen molar-refractivity contribution in [3.63, 3.8) is 0 Å². The van der Waals surface area contributed by atoms with Gasteiger partial charge in [-0.3, -0.25) is 4.79 Å². The van der Waals surface area contributed by atoms with Gasteiger partial charge in [-0.15, -0.1) is 0 Å². The maximum Gasteiger partial charge on any atom is 0.260 e. The zero-order chi connectivity index (χ0) is 18.0. The molecular weight excluding hydrogens is 334 g/mol. The van der Waals surface area contributed by atoms with E-state index >= 15 is 0 Å². The van der Waals surface area contributed by atoms with Crippen LogP contribution < -0.4 is 15.8 Å². The van der Waals surface area contributed by atoms with Crippen LogP contribution in [0.4, 0.5) is 10.8 Å². The lowest BCUT2D eigenvalue weighted by atomic mass is 10.1. The number of nitrogens with two attached hydrogens (primary N) is 1. The number of carbonyl (C=O) groups is 1. The van der Waals surface area contributed by atoms with Gasteiger partial charge < -0.3 is 15.8 Å². The number of nitrogens with zero attached hydrogens (tertiary/aromatic N) is 1. The van der Waals surface area contributed by atoms with E-state index in [-0.39, 0.29) is 11.7 Å². The van der Waals surface area contributed by atoms with Crippen LogP contribution in [0, 0.1) is 20.8 Å². The highest BCUT2D eigenvalue weighted by atomic mass is 32.1. The Labute approximate surface area is 150 Å². The predicted molar refractivity (Wildman–Crippen MR) is 102 cm³/mol. The molecule has 5 nitrogen and oxygen atoms in total. The lowest BCUT2D eigenvalue weighted by Gasteiger charge is -2.09. The van der Waals surface area contributed by atoms with Gasteiger partial charge in [0.2, 0.25) is 0 Å². The third kappa shape index (κ3) is 3.97. The average Bonchev–Trinajstić information content (AvgIpc) is 2.95. The Bertz CT molecular complexity index is 894. The number of pyridine rings is 1. The van der Waals surface area contributed by atoms with Crippen LogP contribution in [0.15, 0.2) is 42.5 Å². The number of amides is 1. The summed E-state index contributed by atoms with van der Waals surface area (Å²) in [6.07, 6.45) is 0. The van der Waals surface area contributed by atoms with Gasteiger partial charge in [-0.05, 0) is 56.7 Å². The zero-order valence-electron chi connectivity index (χ0n) is 14.3. The van der Waals surface area contributed by atoms with Crippen molar-refractivity contribution in [2.24, 2.45) is 0 Å². The molecule has 0 aliphatic rings. The van der Waals surface area contributed by atoms with Gasteiger partial charge in [0.15, 0.2) is 5.06 Å². The average molecular weight is 353 g/mol. The molecule has 2 heterocycles.